The summed E-state index contributed by atoms with van der Waals surface area (Å²) < 4.78 is -0.104. The maximum atomic E-state index is 12.0. The predicted molar refractivity (Wildman–Crippen MR) is 74.7 cm³/mol. The fourth-order valence-electron chi connectivity index (χ4n) is 1.83. The van der Waals surface area contributed by atoms with Crippen molar-refractivity contribution in [3.63, 3.8) is 0 Å². The minimum atomic E-state index is -0.104. The van der Waals surface area contributed by atoms with Crippen LogP contribution in [0.1, 0.15) is 0 Å². The smallest absolute Gasteiger partial charge is 0.243 e. The standard InChI is InChI=1S/C14H9NO3S/c16-8-5-6-10(12(17)7-8)13-15-11-4-2-1-3-9(11)14(18)19-13/h1-7,16-17H. The average molecular weight is 271 g/mol. The molecule has 0 amide bonds. The van der Waals surface area contributed by atoms with Crippen molar-refractivity contribution >= 4 is 22.2 Å². The van der Waals surface area contributed by atoms with Gasteiger partial charge in [0.05, 0.1) is 16.5 Å². The van der Waals surface area contributed by atoms with Gasteiger partial charge in [-0.1, -0.05) is 23.5 Å². The number of hydrogen-bond donors (Lipinski definition) is 2. The summed E-state index contributed by atoms with van der Waals surface area (Å²) in [6.45, 7) is 0. The van der Waals surface area contributed by atoms with E-state index in [1.807, 2.05) is 0 Å². The van der Waals surface area contributed by atoms with Crippen LogP contribution < -0.4 is 4.74 Å². The van der Waals surface area contributed by atoms with E-state index in [-0.39, 0.29) is 16.2 Å². The molecule has 4 nitrogen and oxygen atoms in total. The second kappa shape index (κ2) is 4.37. The van der Waals surface area contributed by atoms with Crippen molar-refractivity contribution in [3.8, 4) is 22.1 Å². The summed E-state index contributed by atoms with van der Waals surface area (Å²) in [4.78, 5) is 16.4. The average Bonchev–Trinajstić information content (AvgIpc) is 2.38. The quantitative estimate of drug-likeness (QED) is 0.714. The van der Waals surface area contributed by atoms with E-state index in [0.717, 1.165) is 11.3 Å². The van der Waals surface area contributed by atoms with E-state index in [1.54, 1.807) is 24.3 Å². The highest BCUT2D eigenvalue weighted by molar-refractivity contribution is 7.13. The van der Waals surface area contributed by atoms with E-state index >= 15 is 0 Å². The van der Waals surface area contributed by atoms with Crippen LogP contribution in [0.4, 0.5) is 0 Å². The van der Waals surface area contributed by atoms with E-state index in [2.05, 4.69) is 4.98 Å². The van der Waals surface area contributed by atoms with Crippen molar-refractivity contribution in [2.75, 3.05) is 0 Å². The monoisotopic (exact) mass is 271 g/mol. The molecule has 2 N–H and O–H groups in total. The fraction of sp³-hybridized carbons (Fsp3) is 0. The number of nitrogens with zero attached hydrogens (tertiary/aromatic N) is 1. The second-order valence-corrected chi connectivity index (χ2v) is 4.99. The molecule has 0 radical (unpaired) electrons. The van der Waals surface area contributed by atoms with E-state index in [9.17, 15) is 15.0 Å². The van der Waals surface area contributed by atoms with Crippen molar-refractivity contribution in [1.82, 2.24) is 4.98 Å². The van der Waals surface area contributed by atoms with Gasteiger partial charge in [-0.3, -0.25) is 4.79 Å². The van der Waals surface area contributed by atoms with Crippen LogP contribution in [0.3, 0.4) is 0 Å². The van der Waals surface area contributed by atoms with Crippen LogP contribution >= 0.6 is 11.3 Å². The van der Waals surface area contributed by atoms with Gasteiger partial charge in [0.2, 0.25) is 4.74 Å². The molecular weight excluding hydrogens is 262 g/mol. The predicted octanol–water partition coefficient (Wildman–Crippen LogP) is 2.73. The van der Waals surface area contributed by atoms with Crippen LogP contribution in [0.2, 0.25) is 0 Å². The van der Waals surface area contributed by atoms with Crippen molar-refractivity contribution in [2.24, 2.45) is 0 Å². The van der Waals surface area contributed by atoms with Crippen molar-refractivity contribution in [1.29, 1.82) is 0 Å². The molecule has 0 aliphatic carbocycles. The molecule has 0 fully saturated rings. The molecule has 3 aromatic rings. The third-order valence-electron chi connectivity index (χ3n) is 2.75. The molecule has 0 aliphatic heterocycles. The second-order valence-electron chi connectivity index (χ2n) is 4.03. The molecule has 94 valence electrons. The number of aromatic hydroxyl groups is 2. The molecule has 0 unspecified atom stereocenters. The third kappa shape index (κ3) is 2.04. The Morgan fingerprint density at radius 1 is 1.05 bits per heavy atom. The number of rotatable bonds is 1. The molecule has 5 heteroatoms. The molecule has 1 heterocycles. The maximum Gasteiger partial charge on any atom is 0.243 e. The molecule has 0 aliphatic rings. The Morgan fingerprint density at radius 3 is 2.63 bits per heavy atom. The molecule has 0 saturated heterocycles. The third-order valence-corrected chi connectivity index (χ3v) is 3.66. The van der Waals surface area contributed by atoms with Gasteiger partial charge in [0, 0.05) is 6.07 Å². The lowest BCUT2D eigenvalue weighted by Gasteiger charge is -2.04. The topological polar surface area (TPSA) is 70.4 Å². The molecule has 2 aromatic carbocycles. The number of aromatic nitrogens is 1. The highest BCUT2D eigenvalue weighted by Gasteiger charge is 2.10. The first-order valence-corrected chi connectivity index (χ1v) is 6.39. The summed E-state index contributed by atoms with van der Waals surface area (Å²) in [7, 11) is 0. The summed E-state index contributed by atoms with van der Waals surface area (Å²) >= 11 is 0.972. The Bertz CT molecular complexity index is 826. The summed E-state index contributed by atoms with van der Waals surface area (Å²) in [5.41, 5.74) is 1.03. The Kier molecular flexibility index (Phi) is 2.68. The summed E-state index contributed by atoms with van der Waals surface area (Å²) in [6.07, 6.45) is 0. The molecule has 0 spiro atoms. The fourth-order valence-corrected chi connectivity index (χ4v) is 2.72. The van der Waals surface area contributed by atoms with Crippen LogP contribution in [-0.2, 0) is 0 Å². The molecule has 0 saturated carbocycles. The molecule has 3 rings (SSSR count). The lowest BCUT2D eigenvalue weighted by atomic mass is 10.2. The van der Waals surface area contributed by atoms with Gasteiger partial charge in [-0.05, 0) is 24.3 Å². The largest absolute Gasteiger partial charge is 0.508 e. The van der Waals surface area contributed by atoms with Crippen LogP contribution in [0, 0.1) is 0 Å². The molecule has 19 heavy (non-hydrogen) atoms. The van der Waals surface area contributed by atoms with Crippen LogP contribution in [-0.4, -0.2) is 15.2 Å². The lowest BCUT2D eigenvalue weighted by Crippen LogP contribution is -1.98. The zero-order chi connectivity index (χ0) is 13.4. The normalized spacial score (nSPS) is 10.7. The van der Waals surface area contributed by atoms with Gasteiger partial charge in [-0.15, -0.1) is 0 Å². The number of para-hydroxylation sites is 1. The zero-order valence-electron chi connectivity index (χ0n) is 9.70. The summed E-state index contributed by atoms with van der Waals surface area (Å²) in [6, 6.07) is 11.3. The van der Waals surface area contributed by atoms with Gasteiger partial charge in [-0.2, -0.15) is 0 Å². The van der Waals surface area contributed by atoms with E-state index in [4.69, 9.17) is 0 Å². The highest BCUT2D eigenvalue weighted by atomic mass is 32.1. The van der Waals surface area contributed by atoms with Crippen molar-refractivity contribution in [2.45, 2.75) is 0 Å². The molecular formula is C14H9NO3S. The Labute approximate surface area is 112 Å². The van der Waals surface area contributed by atoms with Gasteiger partial charge in [0.25, 0.3) is 0 Å². The number of phenolic OH excluding ortho intramolecular Hbond substituents is 2. The number of benzene rings is 2. The van der Waals surface area contributed by atoms with Crippen LogP contribution in [0.25, 0.3) is 21.5 Å². The van der Waals surface area contributed by atoms with Crippen molar-refractivity contribution in [3.05, 3.63) is 52.0 Å². The molecule has 0 atom stereocenters. The van der Waals surface area contributed by atoms with E-state index in [1.165, 1.54) is 18.2 Å². The van der Waals surface area contributed by atoms with Gasteiger partial charge < -0.3 is 10.2 Å². The zero-order valence-corrected chi connectivity index (χ0v) is 10.5. The first-order chi connectivity index (χ1) is 9.15. The van der Waals surface area contributed by atoms with Crippen LogP contribution in [0.5, 0.6) is 11.5 Å². The highest BCUT2D eigenvalue weighted by Crippen LogP contribution is 2.32. The first kappa shape index (κ1) is 11.7. The Hall–Kier alpha value is -2.40. The first-order valence-electron chi connectivity index (χ1n) is 5.57. The minimum absolute atomic E-state index is 0.0330. The van der Waals surface area contributed by atoms with Gasteiger partial charge in [0.15, 0.2) is 0 Å². The van der Waals surface area contributed by atoms with Crippen LogP contribution in [0.15, 0.2) is 47.3 Å². The molecule has 0 bridgehead atoms. The lowest BCUT2D eigenvalue weighted by molar-refractivity contribution is 0.452. The SMILES string of the molecule is O=c1sc(-c2ccc(O)cc2O)nc2ccccc12. The van der Waals surface area contributed by atoms with E-state index < -0.39 is 0 Å². The van der Waals surface area contributed by atoms with Gasteiger partial charge in [-0.25, -0.2) is 4.98 Å². The summed E-state index contributed by atoms with van der Waals surface area (Å²) in [5.74, 6) is -0.132. The Balaban J connectivity index is 2.28. The molecule has 1 aromatic heterocycles. The van der Waals surface area contributed by atoms with Gasteiger partial charge in [0.1, 0.15) is 16.5 Å². The Morgan fingerprint density at radius 2 is 1.84 bits per heavy atom. The van der Waals surface area contributed by atoms with Gasteiger partial charge >= 0.3 is 0 Å². The number of fused-ring (bicyclic) bond motifs is 1. The van der Waals surface area contributed by atoms with E-state index in [0.29, 0.717) is 21.5 Å². The minimum Gasteiger partial charge on any atom is -0.508 e. The maximum absolute atomic E-state index is 12.0. The number of hydrogen-bond acceptors (Lipinski definition) is 5. The number of phenols is 2. The van der Waals surface area contributed by atoms with Crippen molar-refractivity contribution < 1.29 is 10.2 Å². The summed E-state index contributed by atoms with van der Waals surface area (Å²) in [5, 5.41) is 20.1.